The van der Waals surface area contributed by atoms with E-state index in [4.69, 9.17) is 14.2 Å². The molecule has 0 amide bonds. The van der Waals surface area contributed by atoms with Gasteiger partial charge in [-0.25, -0.2) is 0 Å². The van der Waals surface area contributed by atoms with E-state index < -0.39 is 0 Å². The summed E-state index contributed by atoms with van der Waals surface area (Å²) < 4.78 is 17.4. The molecule has 1 aromatic carbocycles. The number of rotatable bonds is 8. The molecule has 0 saturated heterocycles. The van der Waals surface area contributed by atoms with Crippen LogP contribution in [0.3, 0.4) is 0 Å². The van der Waals surface area contributed by atoms with Crippen LogP contribution < -0.4 is 9.47 Å². The molecule has 0 N–H and O–H groups in total. The van der Waals surface area contributed by atoms with E-state index in [1.165, 1.54) is 11.1 Å². The Morgan fingerprint density at radius 3 is 2.79 bits per heavy atom. The Bertz CT molecular complexity index is 585. The van der Waals surface area contributed by atoms with Crippen LogP contribution in [-0.2, 0) is 10.2 Å². The largest absolute Gasteiger partial charge is 0.492 e. The molecule has 24 heavy (non-hydrogen) atoms. The summed E-state index contributed by atoms with van der Waals surface area (Å²) in [5.41, 5.74) is 2.63. The first-order chi connectivity index (χ1) is 11.2. The van der Waals surface area contributed by atoms with Gasteiger partial charge in [-0.2, -0.15) is 0 Å². The molecule has 0 aromatic heterocycles. The van der Waals surface area contributed by atoms with E-state index in [-0.39, 0.29) is 11.0 Å². The molecule has 0 fully saturated rings. The van der Waals surface area contributed by atoms with Crippen molar-refractivity contribution < 1.29 is 14.2 Å². The molecule has 0 atom stereocenters. The first-order valence-corrected chi connectivity index (χ1v) is 8.93. The van der Waals surface area contributed by atoms with Crippen molar-refractivity contribution in [3.8, 4) is 11.5 Å². The van der Waals surface area contributed by atoms with E-state index in [2.05, 4.69) is 46.8 Å². The molecular formula is C21H32O3. The van der Waals surface area contributed by atoms with Crippen molar-refractivity contribution in [3.63, 3.8) is 0 Å². The van der Waals surface area contributed by atoms with Gasteiger partial charge < -0.3 is 14.2 Å². The zero-order chi connectivity index (χ0) is 17.8. The second-order valence-electron chi connectivity index (χ2n) is 7.88. The van der Waals surface area contributed by atoms with Gasteiger partial charge in [0.1, 0.15) is 18.1 Å². The van der Waals surface area contributed by atoms with Crippen LogP contribution in [0.15, 0.2) is 29.8 Å². The van der Waals surface area contributed by atoms with Crippen molar-refractivity contribution in [2.75, 3.05) is 19.8 Å². The van der Waals surface area contributed by atoms with E-state index in [1.54, 1.807) is 0 Å². The molecule has 2 rings (SSSR count). The third-order valence-electron chi connectivity index (χ3n) is 4.61. The van der Waals surface area contributed by atoms with E-state index in [9.17, 15) is 0 Å². The minimum atomic E-state index is -0.0607. The average Bonchev–Trinajstić information content (AvgIpc) is 2.80. The maximum Gasteiger partial charge on any atom is 0.126 e. The van der Waals surface area contributed by atoms with Crippen LogP contribution in [0.5, 0.6) is 11.5 Å². The van der Waals surface area contributed by atoms with Crippen molar-refractivity contribution >= 4 is 0 Å². The SMILES string of the molecule is CCOC(C)(C)CC/C(C)=C/COc1ccc2c(c1)OCC2(C)C. The lowest BCUT2D eigenvalue weighted by Gasteiger charge is -2.24. The molecule has 1 aliphatic heterocycles. The van der Waals surface area contributed by atoms with Crippen LogP contribution in [0.25, 0.3) is 0 Å². The van der Waals surface area contributed by atoms with Gasteiger partial charge in [-0.3, -0.25) is 0 Å². The van der Waals surface area contributed by atoms with Crippen molar-refractivity contribution in [1.29, 1.82) is 0 Å². The fraction of sp³-hybridized carbons (Fsp3) is 0.619. The molecule has 0 radical (unpaired) electrons. The van der Waals surface area contributed by atoms with E-state index in [0.29, 0.717) is 6.61 Å². The monoisotopic (exact) mass is 332 g/mol. The van der Waals surface area contributed by atoms with E-state index >= 15 is 0 Å². The topological polar surface area (TPSA) is 27.7 Å². The molecule has 1 aromatic rings. The fourth-order valence-corrected chi connectivity index (χ4v) is 2.95. The third kappa shape index (κ3) is 5.01. The molecule has 0 bridgehead atoms. The smallest absolute Gasteiger partial charge is 0.126 e. The molecule has 1 aliphatic rings. The van der Waals surface area contributed by atoms with Crippen molar-refractivity contribution in [2.24, 2.45) is 0 Å². The highest BCUT2D eigenvalue weighted by Gasteiger charge is 2.31. The first-order valence-electron chi connectivity index (χ1n) is 8.93. The van der Waals surface area contributed by atoms with Crippen LogP contribution >= 0.6 is 0 Å². The summed E-state index contributed by atoms with van der Waals surface area (Å²) in [6, 6.07) is 6.17. The molecule has 3 heteroatoms. The van der Waals surface area contributed by atoms with E-state index in [0.717, 1.165) is 37.6 Å². The maximum atomic E-state index is 5.86. The lowest BCUT2D eigenvalue weighted by atomic mass is 9.87. The van der Waals surface area contributed by atoms with Gasteiger partial charge in [-0.15, -0.1) is 0 Å². The van der Waals surface area contributed by atoms with Crippen molar-refractivity contribution in [2.45, 2.75) is 65.4 Å². The summed E-state index contributed by atoms with van der Waals surface area (Å²) in [4.78, 5) is 0. The minimum Gasteiger partial charge on any atom is -0.492 e. The number of hydrogen-bond acceptors (Lipinski definition) is 3. The zero-order valence-electron chi connectivity index (χ0n) is 16.1. The normalized spacial score (nSPS) is 16.7. The van der Waals surface area contributed by atoms with Gasteiger partial charge in [0, 0.05) is 23.7 Å². The summed E-state index contributed by atoms with van der Waals surface area (Å²) >= 11 is 0. The lowest BCUT2D eigenvalue weighted by Crippen LogP contribution is -2.24. The van der Waals surface area contributed by atoms with Crippen LogP contribution in [0.2, 0.25) is 0 Å². The van der Waals surface area contributed by atoms with Crippen molar-refractivity contribution in [3.05, 3.63) is 35.4 Å². The van der Waals surface area contributed by atoms with Gasteiger partial charge in [0.25, 0.3) is 0 Å². The lowest BCUT2D eigenvalue weighted by molar-refractivity contribution is -0.0158. The standard InChI is InChI=1S/C21H32O3/c1-7-24-21(5,6)12-10-16(2)11-13-22-17-8-9-18-19(14-17)23-15-20(18,3)4/h8-9,11,14H,7,10,12-13,15H2,1-6H3/b16-11+. The zero-order valence-corrected chi connectivity index (χ0v) is 16.1. The third-order valence-corrected chi connectivity index (χ3v) is 4.61. The number of ether oxygens (including phenoxy) is 3. The highest BCUT2D eigenvalue weighted by molar-refractivity contribution is 5.47. The van der Waals surface area contributed by atoms with Crippen molar-refractivity contribution in [1.82, 2.24) is 0 Å². The molecular weight excluding hydrogens is 300 g/mol. The maximum absolute atomic E-state index is 5.86. The summed E-state index contributed by atoms with van der Waals surface area (Å²) in [6.07, 6.45) is 4.20. The van der Waals surface area contributed by atoms with Crippen LogP contribution in [-0.4, -0.2) is 25.4 Å². The second-order valence-corrected chi connectivity index (χ2v) is 7.88. The second kappa shape index (κ2) is 7.60. The van der Waals surface area contributed by atoms with Crippen LogP contribution in [0.1, 0.15) is 59.9 Å². The van der Waals surface area contributed by atoms with Gasteiger partial charge in [-0.05, 0) is 52.7 Å². The highest BCUT2D eigenvalue weighted by Crippen LogP contribution is 2.40. The summed E-state index contributed by atoms with van der Waals surface area (Å²) in [6.45, 7) is 15.0. The molecule has 0 saturated carbocycles. The van der Waals surface area contributed by atoms with Gasteiger partial charge in [0.05, 0.1) is 12.2 Å². The summed E-state index contributed by atoms with van der Waals surface area (Å²) in [7, 11) is 0. The number of hydrogen-bond donors (Lipinski definition) is 0. The summed E-state index contributed by atoms with van der Waals surface area (Å²) in [5, 5.41) is 0. The van der Waals surface area contributed by atoms with Gasteiger partial charge in [0.2, 0.25) is 0 Å². The van der Waals surface area contributed by atoms with Crippen LogP contribution in [0.4, 0.5) is 0 Å². The molecule has 3 nitrogen and oxygen atoms in total. The number of benzene rings is 1. The van der Waals surface area contributed by atoms with Gasteiger partial charge >= 0.3 is 0 Å². The Morgan fingerprint density at radius 2 is 2.08 bits per heavy atom. The van der Waals surface area contributed by atoms with Crippen LogP contribution in [0, 0.1) is 0 Å². The Hall–Kier alpha value is -1.48. The van der Waals surface area contributed by atoms with Gasteiger partial charge in [-0.1, -0.05) is 25.5 Å². The molecule has 0 aliphatic carbocycles. The predicted molar refractivity (Wildman–Crippen MR) is 99.2 cm³/mol. The highest BCUT2D eigenvalue weighted by atomic mass is 16.5. The number of fused-ring (bicyclic) bond motifs is 1. The minimum absolute atomic E-state index is 0.0607. The Morgan fingerprint density at radius 1 is 1.33 bits per heavy atom. The first kappa shape index (κ1) is 18.9. The molecule has 0 unspecified atom stereocenters. The average molecular weight is 332 g/mol. The van der Waals surface area contributed by atoms with E-state index in [1.807, 2.05) is 19.1 Å². The molecule has 0 spiro atoms. The molecule has 134 valence electrons. The predicted octanol–water partition coefficient (Wildman–Crippen LogP) is 5.28. The fourth-order valence-electron chi connectivity index (χ4n) is 2.95. The quantitative estimate of drug-likeness (QED) is 0.606. The summed E-state index contributed by atoms with van der Waals surface area (Å²) in [5.74, 6) is 1.82. The Labute approximate surface area is 147 Å². The van der Waals surface area contributed by atoms with Gasteiger partial charge in [0.15, 0.2) is 0 Å². The Kier molecular flexibility index (Phi) is 5.97. The Balaban J connectivity index is 1.84. The molecule has 1 heterocycles. The number of allylic oxidation sites excluding steroid dienone is 1.